The van der Waals surface area contributed by atoms with Gasteiger partial charge in [-0.25, -0.2) is 4.79 Å². The highest BCUT2D eigenvalue weighted by Gasteiger charge is 2.27. The minimum absolute atomic E-state index is 0.0495. The Morgan fingerprint density at radius 3 is 2.18 bits per heavy atom. The van der Waals surface area contributed by atoms with Gasteiger partial charge >= 0.3 is 6.09 Å². The number of amides is 2. The first-order valence-corrected chi connectivity index (χ1v) is 5.63. The van der Waals surface area contributed by atoms with E-state index in [0.29, 0.717) is 0 Å². The lowest BCUT2D eigenvalue weighted by molar-refractivity contribution is -0.126. The normalized spacial score (nSPS) is 15.6. The summed E-state index contributed by atoms with van der Waals surface area (Å²) in [5, 5.41) is 5.23. The molecular formula is C11H22N2O4. The van der Waals surface area contributed by atoms with Crippen LogP contribution in [0.3, 0.4) is 0 Å². The largest absolute Gasteiger partial charge is 0.453 e. The smallest absolute Gasteiger partial charge is 0.407 e. The van der Waals surface area contributed by atoms with Gasteiger partial charge in [-0.3, -0.25) is 4.79 Å². The predicted molar refractivity (Wildman–Crippen MR) is 63.7 cm³/mol. The molecule has 2 amide bonds. The topological polar surface area (TPSA) is 76.7 Å². The van der Waals surface area contributed by atoms with E-state index in [1.807, 2.05) is 13.8 Å². The number of nitrogens with one attached hydrogen (secondary N) is 2. The van der Waals surface area contributed by atoms with Gasteiger partial charge < -0.3 is 20.1 Å². The number of ether oxygens (including phenoxy) is 2. The first-order valence-electron chi connectivity index (χ1n) is 5.63. The fraction of sp³-hybridized carbons (Fsp3) is 0.818. The third-order valence-corrected chi connectivity index (χ3v) is 2.58. The Morgan fingerprint density at radius 2 is 1.76 bits per heavy atom. The molecule has 3 atom stereocenters. The highest BCUT2D eigenvalue weighted by atomic mass is 16.5. The number of alkyl carbamates (subject to hydrolysis) is 1. The van der Waals surface area contributed by atoms with Crippen LogP contribution in [-0.2, 0) is 14.3 Å². The van der Waals surface area contributed by atoms with Gasteiger partial charge in [0.1, 0.15) is 6.04 Å². The molecule has 2 N–H and O–H groups in total. The van der Waals surface area contributed by atoms with Crippen LogP contribution >= 0.6 is 0 Å². The molecule has 0 aromatic carbocycles. The number of carbonyl (C=O) groups excluding carboxylic acids is 2. The monoisotopic (exact) mass is 246 g/mol. The lowest BCUT2D eigenvalue weighted by atomic mass is 10.1. The maximum atomic E-state index is 11.9. The second-order valence-corrected chi connectivity index (χ2v) is 3.87. The second-order valence-electron chi connectivity index (χ2n) is 3.87. The number of hydrogen-bond acceptors (Lipinski definition) is 4. The van der Waals surface area contributed by atoms with Gasteiger partial charge in [-0.1, -0.05) is 6.92 Å². The molecular weight excluding hydrogens is 224 g/mol. The van der Waals surface area contributed by atoms with Gasteiger partial charge in [0.2, 0.25) is 5.91 Å². The molecule has 0 saturated carbocycles. The average molecular weight is 246 g/mol. The van der Waals surface area contributed by atoms with Crippen molar-refractivity contribution in [3.8, 4) is 0 Å². The average Bonchev–Trinajstić information content (AvgIpc) is 2.33. The quantitative estimate of drug-likeness (QED) is 0.722. The Balaban J connectivity index is 4.56. The molecule has 6 nitrogen and oxygen atoms in total. The van der Waals surface area contributed by atoms with Crippen molar-refractivity contribution >= 4 is 12.0 Å². The van der Waals surface area contributed by atoms with Crippen LogP contribution < -0.4 is 10.6 Å². The van der Waals surface area contributed by atoms with E-state index in [1.54, 1.807) is 6.92 Å². The zero-order valence-corrected chi connectivity index (χ0v) is 11.1. The van der Waals surface area contributed by atoms with E-state index in [1.165, 1.54) is 14.2 Å². The molecule has 0 spiro atoms. The van der Waals surface area contributed by atoms with Gasteiger partial charge in [0, 0.05) is 13.2 Å². The van der Waals surface area contributed by atoms with Crippen LogP contribution in [0, 0.1) is 0 Å². The third-order valence-electron chi connectivity index (χ3n) is 2.58. The highest BCUT2D eigenvalue weighted by molar-refractivity contribution is 5.86. The van der Waals surface area contributed by atoms with Crippen molar-refractivity contribution in [3.05, 3.63) is 0 Å². The molecule has 0 saturated heterocycles. The van der Waals surface area contributed by atoms with E-state index in [2.05, 4.69) is 15.4 Å². The Kier molecular flexibility index (Phi) is 7.29. The van der Waals surface area contributed by atoms with Crippen molar-refractivity contribution in [2.24, 2.45) is 0 Å². The van der Waals surface area contributed by atoms with Crippen LogP contribution in [-0.4, -0.2) is 44.4 Å². The van der Waals surface area contributed by atoms with Crippen LogP contribution in [0.5, 0.6) is 0 Å². The van der Waals surface area contributed by atoms with E-state index in [9.17, 15) is 9.59 Å². The molecule has 0 unspecified atom stereocenters. The molecule has 0 heterocycles. The first-order chi connectivity index (χ1) is 7.96. The predicted octanol–water partition coefficient (Wildman–Crippen LogP) is 0.661. The summed E-state index contributed by atoms with van der Waals surface area (Å²) in [5.74, 6) is -0.279. The molecule has 0 aliphatic heterocycles. The number of methoxy groups -OCH3 is 2. The lowest BCUT2D eigenvalue weighted by Crippen LogP contribution is -2.54. The highest BCUT2D eigenvalue weighted by Crippen LogP contribution is 2.00. The van der Waals surface area contributed by atoms with Crippen molar-refractivity contribution in [2.75, 3.05) is 14.2 Å². The molecule has 0 radical (unpaired) electrons. The van der Waals surface area contributed by atoms with E-state index in [-0.39, 0.29) is 11.9 Å². The van der Waals surface area contributed by atoms with E-state index >= 15 is 0 Å². The fourth-order valence-corrected chi connectivity index (χ4v) is 1.15. The summed E-state index contributed by atoms with van der Waals surface area (Å²) in [5.41, 5.74) is 0. The van der Waals surface area contributed by atoms with Crippen molar-refractivity contribution in [3.63, 3.8) is 0 Å². The van der Waals surface area contributed by atoms with Crippen molar-refractivity contribution in [1.82, 2.24) is 10.6 Å². The first kappa shape index (κ1) is 15.7. The van der Waals surface area contributed by atoms with Crippen LogP contribution in [0.2, 0.25) is 0 Å². The molecule has 6 heteroatoms. The minimum Gasteiger partial charge on any atom is -0.453 e. The lowest BCUT2D eigenvalue weighted by Gasteiger charge is -2.24. The van der Waals surface area contributed by atoms with Gasteiger partial charge in [-0.05, 0) is 20.3 Å². The molecule has 0 aromatic rings. The molecule has 100 valence electrons. The number of hydrogen-bond donors (Lipinski definition) is 2. The summed E-state index contributed by atoms with van der Waals surface area (Å²) in [4.78, 5) is 23.0. The standard InChI is InChI=1S/C11H22N2O4/c1-6-7(2)12-10(14)9(8(3)16-4)13-11(15)17-5/h7-9H,6H2,1-5H3,(H,12,14)(H,13,15)/t7-,8+,9-/m0/s1. The zero-order chi connectivity index (χ0) is 13.4. The third kappa shape index (κ3) is 5.53. The summed E-state index contributed by atoms with van der Waals surface area (Å²) < 4.78 is 9.53. The summed E-state index contributed by atoms with van der Waals surface area (Å²) >= 11 is 0. The van der Waals surface area contributed by atoms with E-state index < -0.39 is 18.2 Å². The Hall–Kier alpha value is -1.30. The molecule has 0 aliphatic carbocycles. The van der Waals surface area contributed by atoms with Crippen molar-refractivity contribution in [1.29, 1.82) is 0 Å². The second kappa shape index (κ2) is 7.89. The van der Waals surface area contributed by atoms with Crippen molar-refractivity contribution in [2.45, 2.75) is 45.4 Å². The number of carbonyl (C=O) groups is 2. The van der Waals surface area contributed by atoms with Crippen LogP contribution in [0.4, 0.5) is 4.79 Å². The van der Waals surface area contributed by atoms with E-state index in [0.717, 1.165) is 6.42 Å². The van der Waals surface area contributed by atoms with Gasteiger partial charge in [0.25, 0.3) is 0 Å². The molecule has 0 fully saturated rings. The van der Waals surface area contributed by atoms with Crippen LogP contribution in [0.25, 0.3) is 0 Å². The van der Waals surface area contributed by atoms with Crippen LogP contribution in [0.15, 0.2) is 0 Å². The summed E-state index contributed by atoms with van der Waals surface area (Å²) in [7, 11) is 2.73. The minimum atomic E-state index is -0.763. The number of rotatable bonds is 6. The van der Waals surface area contributed by atoms with Crippen molar-refractivity contribution < 1.29 is 19.1 Å². The Labute approximate surface area is 102 Å². The van der Waals surface area contributed by atoms with E-state index in [4.69, 9.17) is 4.74 Å². The summed E-state index contributed by atoms with van der Waals surface area (Å²) in [6.45, 7) is 5.56. The molecule has 0 aliphatic rings. The Bertz CT molecular complexity index is 258. The molecule has 0 rings (SSSR count). The molecule has 0 bridgehead atoms. The fourth-order valence-electron chi connectivity index (χ4n) is 1.15. The van der Waals surface area contributed by atoms with Gasteiger partial charge in [-0.2, -0.15) is 0 Å². The zero-order valence-electron chi connectivity index (χ0n) is 11.1. The van der Waals surface area contributed by atoms with Gasteiger partial charge in [0.05, 0.1) is 13.2 Å². The SMILES string of the molecule is CC[C@H](C)NC(=O)[C@@H](NC(=O)OC)[C@@H](C)OC. The van der Waals surface area contributed by atoms with Crippen LogP contribution in [0.1, 0.15) is 27.2 Å². The molecule has 0 aromatic heterocycles. The summed E-state index contributed by atoms with van der Waals surface area (Å²) in [6.07, 6.45) is -0.269. The Morgan fingerprint density at radius 1 is 1.18 bits per heavy atom. The van der Waals surface area contributed by atoms with Gasteiger partial charge in [-0.15, -0.1) is 0 Å². The maximum absolute atomic E-state index is 11.9. The van der Waals surface area contributed by atoms with Gasteiger partial charge in [0.15, 0.2) is 0 Å². The molecule has 17 heavy (non-hydrogen) atoms. The summed E-state index contributed by atoms with van der Waals surface area (Å²) in [6, 6.07) is -0.713. The maximum Gasteiger partial charge on any atom is 0.407 e.